The van der Waals surface area contributed by atoms with Gasteiger partial charge >= 0.3 is 12.3 Å². The Hall–Kier alpha value is -3.49. The van der Waals surface area contributed by atoms with Crippen molar-refractivity contribution in [3.63, 3.8) is 0 Å². The van der Waals surface area contributed by atoms with E-state index < -0.39 is 38.3 Å². The van der Waals surface area contributed by atoms with Crippen molar-refractivity contribution in [2.45, 2.75) is 63.6 Å². The maximum Gasteiger partial charge on any atom is 0.416 e. The summed E-state index contributed by atoms with van der Waals surface area (Å²) in [6.07, 6.45) is -6.40. The number of nitrogens with zero attached hydrogens (tertiary/aromatic N) is 2. The van der Waals surface area contributed by atoms with Crippen molar-refractivity contribution in [2.24, 2.45) is 0 Å². The van der Waals surface area contributed by atoms with Crippen LogP contribution in [0.2, 0.25) is 18.1 Å². The van der Waals surface area contributed by atoms with E-state index in [1.165, 1.54) is 23.5 Å². The van der Waals surface area contributed by atoms with Crippen LogP contribution in [0.5, 0.6) is 0 Å². The first kappa shape index (κ1) is 30.5. The lowest BCUT2D eigenvalue weighted by Gasteiger charge is -2.41. The first-order valence-corrected chi connectivity index (χ1v) is 16.6. The number of amides is 2. The molecule has 3 aromatic rings. The zero-order chi connectivity index (χ0) is 30.2. The minimum Gasteiger partial charge on any atom is -0.465 e. The molecule has 9 nitrogen and oxygen atoms in total. The highest BCUT2D eigenvalue weighted by atomic mass is 32.1. The maximum absolute atomic E-state index is 13.2. The van der Waals surface area contributed by atoms with Crippen molar-refractivity contribution < 1.29 is 32.3 Å². The van der Waals surface area contributed by atoms with Crippen molar-refractivity contribution in [1.29, 1.82) is 0 Å². The van der Waals surface area contributed by atoms with Gasteiger partial charge < -0.3 is 25.5 Å². The predicted molar refractivity (Wildman–Crippen MR) is 154 cm³/mol. The number of alkyl halides is 3. The van der Waals surface area contributed by atoms with Gasteiger partial charge in [-0.25, -0.2) is 4.79 Å². The zero-order valence-electron chi connectivity index (χ0n) is 23.2. The Morgan fingerprint density at radius 3 is 2.44 bits per heavy atom. The Morgan fingerprint density at radius 1 is 1.15 bits per heavy atom. The van der Waals surface area contributed by atoms with Gasteiger partial charge in [0, 0.05) is 17.8 Å². The van der Waals surface area contributed by atoms with E-state index in [1.807, 2.05) is 52.1 Å². The Labute approximate surface area is 240 Å². The Bertz CT molecular complexity index is 1420. The number of anilines is 2. The number of benzene rings is 2. The van der Waals surface area contributed by atoms with Gasteiger partial charge in [0.05, 0.1) is 24.1 Å². The number of hydrogen-bond donors (Lipinski definition) is 4. The highest BCUT2D eigenvalue weighted by Gasteiger charge is 2.42. The molecular formula is C27H32F3N5O4SSi. The van der Waals surface area contributed by atoms with Gasteiger partial charge in [0.1, 0.15) is 5.01 Å². The summed E-state index contributed by atoms with van der Waals surface area (Å²) >= 11 is 1.25. The normalized spacial score (nSPS) is 15.2. The lowest BCUT2D eigenvalue weighted by Crippen LogP contribution is -2.50. The SMILES string of the molecule is CC(C)(C)[Si](C)(C)O[C@H](c1ccc(C(F)(F)F)cc1)[C@@H](CNc1nnc(-c2ccc3c(c2)CC(=O)N3)s1)NC(=O)O. The third-order valence-corrected chi connectivity index (χ3v) is 12.7. The molecule has 0 spiro atoms. The Morgan fingerprint density at radius 2 is 1.83 bits per heavy atom. The van der Waals surface area contributed by atoms with Gasteiger partial charge in [-0.1, -0.05) is 44.2 Å². The second-order valence-electron chi connectivity index (χ2n) is 11.4. The second-order valence-corrected chi connectivity index (χ2v) is 17.1. The number of halogens is 3. The zero-order valence-corrected chi connectivity index (χ0v) is 25.0. The van der Waals surface area contributed by atoms with Crippen LogP contribution in [0.15, 0.2) is 42.5 Å². The number of nitrogens with one attached hydrogen (secondary N) is 3. The smallest absolute Gasteiger partial charge is 0.416 e. The summed E-state index contributed by atoms with van der Waals surface area (Å²) in [5, 5.41) is 27.2. The molecule has 0 bridgehead atoms. The largest absolute Gasteiger partial charge is 0.465 e. The van der Waals surface area contributed by atoms with Crippen molar-refractivity contribution in [1.82, 2.24) is 15.5 Å². The third-order valence-electron chi connectivity index (χ3n) is 7.34. The van der Waals surface area contributed by atoms with Crippen LogP contribution in [0.3, 0.4) is 0 Å². The van der Waals surface area contributed by atoms with E-state index >= 15 is 0 Å². The van der Waals surface area contributed by atoms with E-state index in [9.17, 15) is 27.9 Å². The van der Waals surface area contributed by atoms with E-state index in [2.05, 4.69) is 26.1 Å². The summed E-state index contributed by atoms with van der Waals surface area (Å²) < 4.78 is 46.3. The number of fused-ring (bicyclic) bond motifs is 1. The van der Waals surface area contributed by atoms with Gasteiger partial charge in [-0.05, 0) is 59.6 Å². The molecule has 2 aromatic carbocycles. The Kier molecular flexibility index (Phi) is 8.48. The summed E-state index contributed by atoms with van der Waals surface area (Å²) in [5.41, 5.74) is 2.03. The fourth-order valence-corrected chi connectivity index (χ4v) is 6.14. The molecule has 0 saturated heterocycles. The van der Waals surface area contributed by atoms with E-state index in [-0.39, 0.29) is 23.9 Å². The minimum absolute atomic E-state index is 0.0316. The monoisotopic (exact) mass is 607 g/mol. The lowest BCUT2D eigenvalue weighted by molar-refractivity contribution is -0.137. The van der Waals surface area contributed by atoms with Crippen molar-refractivity contribution in [2.75, 3.05) is 17.2 Å². The summed E-state index contributed by atoms with van der Waals surface area (Å²) in [5.74, 6) is -0.0729. The van der Waals surface area contributed by atoms with Gasteiger partial charge in [-0.3, -0.25) is 4.79 Å². The summed E-state index contributed by atoms with van der Waals surface area (Å²) in [7, 11) is -2.51. The molecule has 0 fully saturated rings. The molecule has 0 radical (unpaired) electrons. The number of carboxylic acid groups (broad SMARTS) is 1. The molecule has 2 amide bonds. The first-order chi connectivity index (χ1) is 19.0. The van der Waals surface area contributed by atoms with Crippen molar-refractivity contribution in [3.8, 4) is 10.6 Å². The van der Waals surface area contributed by atoms with Crippen molar-refractivity contribution >= 4 is 42.5 Å². The molecular weight excluding hydrogens is 575 g/mol. The van der Waals surface area contributed by atoms with Crippen LogP contribution in [-0.4, -0.2) is 48.2 Å². The average Bonchev–Trinajstić information content (AvgIpc) is 3.49. The van der Waals surface area contributed by atoms with Gasteiger partial charge in [0.2, 0.25) is 11.0 Å². The summed E-state index contributed by atoms with van der Waals surface area (Å²) in [6.45, 7) is 10.1. The molecule has 2 heterocycles. The first-order valence-electron chi connectivity index (χ1n) is 12.9. The minimum atomic E-state index is -4.50. The van der Waals surface area contributed by atoms with E-state index in [1.54, 1.807) is 0 Å². The average molecular weight is 608 g/mol. The summed E-state index contributed by atoms with van der Waals surface area (Å²) in [4.78, 5) is 23.5. The van der Waals surface area contributed by atoms with Gasteiger partial charge in [0.25, 0.3) is 0 Å². The van der Waals surface area contributed by atoms with E-state index in [0.29, 0.717) is 15.7 Å². The molecule has 1 aromatic heterocycles. The topological polar surface area (TPSA) is 125 Å². The van der Waals surface area contributed by atoms with Crippen LogP contribution in [0.4, 0.5) is 28.8 Å². The molecule has 14 heteroatoms. The second kappa shape index (κ2) is 11.4. The number of rotatable bonds is 9. The molecule has 41 heavy (non-hydrogen) atoms. The fraction of sp³-hybridized carbons (Fsp3) is 0.407. The molecule has 4 rings (SSSR count). The van der Waals surface area contributed by atoms with Crippen LogP contribution in [0, 0.1) is 0 Å². The van der Waals surface area contributed by atoms with Crippen LogP contribution >= 0.6 is 11.3 Å². The highest BCUT2D eigenvalue weighted by molar-refractivity contribution is 7.18. The molecule has 2 atom stereocenters. The highest BCUT2D eigenvalue weighted by Crippen LogP contribution is 2.41. The number of hydrogen-bond acceptors (Lipinski definition) is 7. The third kappa shape index (κ3) is 7.24. The lowest BCUT2D eigenvalue weighted by atomic mass is 10.0. The standard InChI is InChI=1S/C27H32F3N5O4SSi/c1-26(2,3)41(4,5)39-22(15-6-9-18(10-7-15)27(28,29)30)20(33-25(37)38)14-31-24-35-34-23(40-24)16-8-11-19-17(12-16)13-21(36)32-19/h6-12,20,22,33H,13-14H2,1-5H3,(H,31,35)(H,32,36)(H,37,38)/t20-,22-/m1/s1. The number of carbonyl (C=O) groups excluding carboxylic acids is 1. The van der Waals surface area contributed by atoms with Gasteiger partial charge in [0.15, 0.2) is 8.32 Å². The summed E-state index contributed by atoms with van der Waals surface area (Å²) in [6, 6.07) is 9.24. The van der Waals surface area contributed by atoms with Crippen LogP contribution in [0.1, 0.15) is 43.6 Å². The fourth-order valence-electron chi connectivity index (χ4n) is 4.10. The van der Waals surface area contributed by atoms with Crippen molar-refractivity contribution in [3.05, 3.63) is 59.2 Å². The molecule has 0 aliphatic carbocycles. The van der Waals surface area contributed by atoms with E-state index in [4.69, 9.17) is 4.43 Å². The molecule has 220 valence electrons. The molecule has 0 unspecified atom stereocenters. The number of carbonyl (C=O) groups is 2. The van der Waals surface area contributed by atoms with Gasteiger partial charge in [-0.15, -0.1) is 10.2 Å². The molecule has 4 N–H and O–H groups in total. The van der Waals surface area contributed by atoms with Crippen LogP contribution in [-0.2, 0) is 21.8 Å². The molecule has 1 aliphatic heterocycles. The van der Waals surface area contributed by atoms with Gasteiger partial charge in [-0.2, -0.15) is 13.2 Å². The van der Waals surface area contributed by atoms with Crippen LogP contribution in [0.25, 0.3) is 10.6 Å². The number of aromatic nitrogens is 2. The van der Waals surface area contributed by atoms with Crippen LogP contribution < -0.4 is 16.0 Å². The Balaban J connectivity index is 1.59. The van der Waals surface area contributed by atoms with E-state index in [0.717, 1.165) is 28.9 Å². The molecule has 0 saturated carbocycles. The molecule has 1 aliphatic rings. The maximum atomic E-state index is 13.2. The quantitative estimate of drug-likeness (QED) is 0.204. The predicted octanol–water partition coefficient (Wildman–Crippen LogP) is 6.53.